The van der Waals surface area contributed by atoms with Gasteiger partial charge in [-0.3, -0.25) is 0 Å². The monoisotopic (exact) mass is 1570 g/mol. The third-order valence-corrected chi connectivity index (χ3v) is 24.7. The molecule has 19 aromatic rings. The van der Waals surface area contributed by atoms with Crippen molar-refractivity contribution in [2.75, 3.05) is 9.80 Å². The summed E-state index contributed by atoms with van der Waals surface area (Å²) in [6, 6.07) is 148. The van der Waals surface area contributed by atoms with Crippen molar-refractivity contribution in [1.29, 1.82) is 0 Å². The van der Waals surface area contributed by atoms with Crippen LogP contribution in [0, 0.1) is 0 Å². The number of benzene rings is 17. The minimum absolute atomic E-state index is 0.998. The van der Waals surface area contributed by atoms with Crippen molar-refractivity contribution in [2.24, 2.45) is 0 Å². The maximum atomic E-state index is 2.58. The van der Waals surface area contributed by atoms with Gasteiger partial charge in [0.05, 0.1) is 0 Å². The first-order valence-corrected chi connectivity index (χ1v) is 44.0. The molecular formula is C118H100N4. The molecule has 0 bridgehead atoms. The van der Waals surface area contributed by atoms with Crippen LogP contribution in [-0.4, -0.2) is 9.13 Å². The Morgan fingerprint density at radius 1 is 0.213 bits per heavy atom. The Labute approximate surface area is 718 Å². The Morgan fingerprint density at radius 2 is 0.525 bits per heavy atom. The van der Waals surface area contributed by atoms with Gasteiger partial charge in [0.2, 0.25) is 0 Å². The van der Waals surface area contributed by atoms with E-state index < -0.39 is 0 Å². The highest BCUT2D eigenvalue weighted by Gasteiger charge is 2.22. The number of aryl methyl sites for hydroxylation is 2. The van der Waals surface area contributed by atoms with Crippen molar-refractivity contribution < 1.29 is 0 Å². The predicted molar refractivity (Wildman–Crippen MR) is 526 cm³/mol. The molecule has 592 valence electrons. The number of anilines is 6. The van der Waals surface area contributed by atoms with Crippen molar-refractivity contribution in [2.45, 2.75) is 91.1 Å². The van der Waals surface area contributed by atoms with E-state index in [-0.39, 0.29) is 0 Å². The number of unbranched alkanes of at least 4 members (excludes halogenated alkanes) is 8. The largest absolute Gasteiger partial charge is 0.340 e. The van der Waals surface area contributed by atoms with E-state index in [1.807, 2.05) is 0 Å². The van der Waals surface area contributed by atoms with E-state index in [0.29, 0.717) is 0 Å². The van der Waals surface area contributed by atoms with Crippen LogP contribution in [0.25, 0.3) is 134 Å². The molecule has 0 amide bonds. The number of nitrogens with zero attached hydrogens (tertiary/aromatic N) is 4. The predicted octanol–water partition coefficient (Wildman–Crippen LogP) is 33.4. The highest BCUT2D eigenvalue weighted by Crippen LogP contribution is 2.45. The first-order valence-electron chi connectivity index (χ1n) is 44.0. The molecule has 0 aliphatic rings. The van der Waals surface area contributed by atoms with Gasteiger partial charge >= 0.3 is 0 Å². The van der Waals surface area contributed by atoms with Crippen LogP contribution in [0.1, 0.15) is 123 Å². The lowest BCUT2D eigenvalue weighted by Crippen LogP contribution is -2.09. The first-order chi connectivity index (χ1) is 60.5. The third-order valence-electron chi connectivity index (χ3n) is 24.7. The third kappa shape index (κ3) is 16.2. The molecule has 4 nitrogen and oxygen atoms in total. The number of hydrogen-bond donors (Lipinski definition) is 0. The lowest BCUT2D eigenvalue weighted by atomic mass is 9.84. The van der Waals surface area contributed by atoms with Gasteiger partial charge in [-0.05, 0) is 233 Å². The average molecular weight is 1570 g/mol. The van der Waals surface area contributed by atoms with Crippen molar-refractivity contribution in [3.05, 3.63) is 445 Å². The van der Waals surface area contributed by atoms with Crippen LogP contribution in [0.5, 0.6) is 0 Å². The lowest BCUT2D eigenvalue weighted by molar-refractivity contribution is 0.584. The number of rotatable bonds is 29. The summed E-state index contributed by atoms with van der Waals surface area (Å²) >= 11 is 0. The molecule has 0 aliphatic heterocycles. The minimum atomic E-state index is 0.998. The highest BCUT2D eigenvalue weighted by atomic mass is 15.1. The second-order valence-electron chi connectivity index (χ2n) is 32.5. The number of fused-ring (bicyclic) bond motifs is 8. The maximum absolute atomic E-state index is 2.58. The molecule has 19 rings (SSSR count). The normalized spacial score (nSPS) is 12.0. The molecule has 0 unspecified atom stereocenters. The van der Waals surface area contributed by atoms with Crippen molar-refractivity contribution in [3.8, 4) is 33.4 Å². The van der Waals surface area contributed by atoms with E-state index in [1.54, 1.807) is 0 Å². The molecule has 0 fully saturated rings. The Balaban J connectivity index is 0.750. The van der Waals surface area contributed by atoms with Gasteiger partial charge in [0.25, 0.3) is 0 Å². The molecule has 0 spiro atoms. The molecular weight excluding hydrogens is 1470 g/mol. The minimum Gasteiger partial charge on any atom is -0.340 e. The lowest BCUT2D eigenvalue weighted by Gasteiger charge is -2.25. The number of para-hydroxylation sites is 6. The van der Waals surface area contributed by atoms with Crippen molar-refractivity contribution >= 4 is 135 Å². The Bertz CT molecular complexity index is 6880. The summed E-state index contributed by atoms with van der Waals surface area (Å²) in [7, 11) is 0. The standard InChI is InChI=1S/C118H100N4/c1-3-5-7-9-32-79-119-113-51-30-28-49-108(113)110-76-55-85(81-115(110)119)53-74-105-103-47-26-27-48-104(103)106(75-54-86-56-77-111-109-50-29-31-52-114(109)120(116(111)82-86)80-33-10-8-6-4-2)112-84-95(69-78-107(105)112)94-37-34-38-96(83-94)118(93-63-59-88(60-64-93)90-67-72-102(73-68-90)122(99-43-22-14-23-44-99)100-45-24-15-25-46-100)117(91-35-16-11-17-36-91)92-61-57-87(58-62-92)89-65-70-101(71-66-89)121(97-39-18-12-19-40-97)98-41-20-13-21-42-98/h11-31,34-78,81-84H,3-10,32-33,79-80H2,1-2H3/b74-53+,75-54+,118-117-. The second kappa shape index (κ2) is 36.1. The summed E-state index contributed by atoms with van der Waals surface area (Å²) in [6.07, 6.45) is 21.9. The van der Waals surface area contributed by atoms with Crippen LogP contribution >= 0.6 is 0 Å². The summed E-state index contributed by atoms with van der Waals surface area (Å²) in [5.74, 6) is 0. The van der Waals surface area contributed by atoms with Gasteiger partial charge < -0.3 is 18.9 Å². The molecule has 0 saturated carbocycles. The summed E-state index contributed by atoms with van der Waals surface area (Å²) in [5, 5.41) is 10.1. The summed E-state index contributed by atoms with van der Waals surface area (Å²) in [4.78, 5) is 4.64. The quantitative estimate of drug-likeness (QED) is 0.0264. The molecule has 17 aromatic carbocycles. The van der Waals surface area contributed by atoms with E-state index in [9.17, 15) is 0 Å². The van der Waals surface area contributed by atoms with E-state index in [2.05, 4.69) is 457 Å². The average Bonchev–Trinajstić information content (AvgIpc) is 1.04. The molecule has 2 aromatic heterocycles. The van der Waals surface area contributed by atoms with Gasteiger partial charge in [0, 0.05) is 90.8 Å². The molecule has 4 heteroatoms. The summed E-state index contributed by atoms with van der Waals surface area (Å²) in [5.41, 5.74) is 30.2. The van der Waals surface area contributed by atoms with Crippen molar-refractivity contribution in [3.63, 3.8) is 0 Å². The van der Waals surface area contributed by atoms with Crippen LogP contribution in [-0.2, 0) is 13.1 Å². The van der Waals surface area contributed by atoms with Gasteiger partial charge in [-0.25, -0.2) is 0 Å². The van der Waals surface area contributed by atoms with E-state index >= 15 is 0 Å². The van der Waals surface area contributed by atoms with Gasteiger partial charge in [0.15, 0.2) is 0 Å². The van der Waals surface area contributed by atoms with Gasteiger partial charge in [-0.1, -0.05) is 381 Å². The van der Waals surface area contributed by atoms with Crippen LogP contribution in [0.4, 0.5) is 34.1 Å². The molecule has 122 heavy (non-hydrogen) atoms. The van der Waals surface area contributed by atoms with E-state index in [4.69, 9.17) is 0 Å². The first kappa shape index (κ1) is 77.6. The molecule has 0 saturated heterocycles. The number of hydrogen-bond acceptors (Lipinski definition) is 2. The fourth-order valence-corrected chi connectivity index (χ4v) is 18.5. The molecule has 0 atom stereocenters. The van der Waals surface area contributed by atoms with Crippen LogP contribution in [0.3, 0.4) is 0 Å². The zero-order valence-electron chi connectivity index (χ0n) is 69.7. The van der Waals surface area contributed by atoms with Crippen LogP contribution < -0.4 is 9.80 Å². The fourth-order valence-electron chi connectivity index (χ4n) is 18.5. The van der Waals surface area contributed by atoms with Crippen LogP contribution in [0.2, 0.25) is 0 Å². The van der Waals surface area contributed by atoms with E-state index in [0.717, 1.165) is 127 Å². The fraction of sp³-hybridized carbons (Fsp3) is 0.119. The molecule has 2 heterocycles. The zero-order valence-corrected chi connectivity index (χ0v) is 69.7. The molecule has 0 radical (unpaired) electrons. The van der Waals surface area contributed by atoms with Crippen molar-refractivity contribution in [1.82, 2.24) is 9.13 Å². The molecule has 0 N–H and O–H groups in total. The van der Waals surface area contributed by atoms with Gasteiger partial charge in [0.1, 0.15) is 0 Å². The summed E-state index contributed by atoms with van der Waals surface area (Å²) in [6.45, 7) is 6.60. The van der Waals surface area contributed by atoms with Gasteiger partial charge in [-0.2, -0.15) is 0 Å². The smallest absolute Gasteiger partial charge is 0.0497 e. The van der Waals surface area contributed by atoms with Gasteiger partial charge in [-0.15, -0.1) is 0 Å². The molecule has 0 aliphatic carbocycles. The van der Waals surface area contributed by atoms with E-state index in [1.165, 1.54) is 139 Å². The highest BCUT2D eigenvalue weighted by molar-refractivity contribution is 6.16. The second-order valence-corrected chi connectivity index (χ2v) is 32.5. The number of aromatic nitrogens is 2. The maximum Gasteiger partial charge on any atom is 0.0497 e. The zero-order chi connectivity index (χ0) is 81.9. The Morgan fingerprint density at radius 3 is 0.959 bits per heavy atom. The SMILES string of the molecule is CCCCCCCn1c2ccccc2c2ccc(/C=C/c3c4ccccc4c(/C=C/c4ccc5c6ccccc6n(CCCCCCC)c5c4)c4cc(-c5cccc(/C(=C(/c6ccccc6)c6ccc(-c7ccc(N(c8ccccc8)c8ccccc8)cc7)cc6)c6ccc(-c7ccc(N(c8ccccc8)c8ccccc8)cc7)cc6)c5)ccc34)cc21. The van der Waals surface area contributed by atoms with Crippen LogP contribution in [0.15, 0.2) is 400 Å². The Hall–Kier alpha value is -14.3. The summed E-state index contributed by atoms with van der Waals surface area (Å²) < 4.78 is 5.17. The topological polar surface area (TPSA) is 16.3 Å². The Kier molecular flexibility index (Phi) is 23.0.